The molecule has 0 saturated carbocycles. The topological polar surface area (TPSA) is 67.4 Å². The molecule has 2 rings (SSSR count). The second kappa shape index (κ2) is 9.17. The molecule has 0 bridgehead atoms. The van der Waals surface area contributed by atoms with Gasteiger partial charge in [-0.1, -0.05) is 29.8 Å². The third-order valence-corrected chi connectivity index (χ3v) is 4.08. The average Bonchev–Trinajstić information content (AvgIpc) is 3.08. The Morgan fingerprint density at radius 2 is 1.87 bits per heavy atom. The van der Waals surface area contributed by atoms with Crippen LogP contribution in [0.5, 0.6) is 5.75 Å². The van der Waals surface area contributed by atoms with Crippen molar-refractivity contribution < 1.29 is 14.3 Å². The van der Waals surface area contributed by atoms with E-state index in [9.17, 15) is 9.59 Å². The zero-order valence-electron chi connectivity index (χ0n) is 12.4. The molecule has 23 heavy (non-hydrogen) atoms. The van der Waals surface area contributed by atoms with Crippen LogP contribution in [-0.2, 0) is 4.79 Å². The van der Waals surface area contributed by atoms with Crippen molar-refractivity contribution in [3.63, 3.8) is 0 Å². The Hall–Kier alpha value is -2.05. The van der Waals surface area contributed by atoms with Crippen LogP contribution in [0.15, 0.2) is 41.8 Å². The van der Waals surface area contributed by atoms with Crippen LogP contribution in [0.1, 0.15) is 16.1 Å². The van der Waals surface area contributed by atoms with E-state index < -0.39 is 0 Å². The molecule has 7 heteroatoms. The van der Waals surface area contributed by atoms with E-state index in [1.807, 2.05) is 11.4 Å². The summed E-state index contributed by atoms with van der Waals surface area (Å²) in [4.78, 5) is 24.0. The highest BCUT2D eigenvalue weighted by atomic mass is 35.5. The third-order valence-electron chi connectivity index (χ3n) is 2.90. The number of rotatable bonds is 8. The van der Waals surface area contributed by atoms with Crippen molar-refractivity contribution >= 4 is 34.8 Å². The third kappa shape index (κ3) is 5.92. The highest BCUT2D eigenvalue weighted by Crippen LogP contribution is 2.22. The van der Waals surface area contributed by atoms with Gasteiger partial charge in [0.15, 0.2) is 6.61 Å². The molecule has 1 aromatic heterocycles. The smallest absolute Gasteiger partial charge is 0.261 e. The Bertz CT molecular complexity index is 647. The van der Waals surface area contributed by atoms with Gasteiger partial charge >= 0.3 is 0 Å². The summed E-state index contributed by atoms with van der Waals surface area (Å²) in [7, 11) is 0. The Kier molecular flexibility index (Phi) is 6.90. The summed E-state index contributed by atoms with van der Waals surface area (Å²) in [6, 6.07) is 10.6. The first-order chi connectivity index (χ1) is 11.2. The summed E-state index contributed by atoms with van der Waals surface area (Å²) < 4.78 is 5.33. The number of benzene rings is 1. The van der Waals surface area contributed by atoms with E-state index in [1.165, 1.54) is 11.3 Å². The van der Waals surface area contributed by atoms with E-state index >= 15 is 0 Å². The molecule has 2 N–H and O–H groups in total. The van der Waals surface area contributed by atoms with Crippen molar-refractivity contribution in [3.05, 3.63) is 51.7 Å². The van der Waals surface area contributed by atoms with Crippen LogP contribution in [-0.4, -0.2) is 31.5 Å². The van der Waals surface area contributed by atoms with Crippen LogP contribution >= 0.6 is 22.9 Å². The number of para-hydroxylation sites is 1. The summed E-state index contributed by atoms with van der Waals surface area (Å²) in [5.41, 5.74) is 0. The fourth-order valence-electron chi connectivity index (χ4n) is 1.77. The number of hydrogen-bond donors (Lipinski definition) is 2. The Morgan fingerprint density at radius 3 is 2.61 bits per heavy atom. The van der Waals surface area contributed by atoms with Crippen LogP contribution in [0.2, 0.25) is 5.02 Å². The van der Waals surface area contributed by atoms with Gasteiger partial charge in [0.1, 0.15) is 5.75 Å². The van der Waals surface area contributed by atoms with Crippen molar-refractivity contribution in [1.82, 2.24) is 10.6 Å². The Morgan fingerprint density at radius 1 is 1.09 bits per heavy atom. The van der Waals surface area contributed by atoms with Gasteiger partial charge in [0.05, 0.1) is 9.90 Å². The Labute approximate surface area is 143 Å². The van der Waals surface area contributed by atoms with Gasteiger partial charge in [-0.2, -0.15) is 0 Å². The molecule has 0 radical (unpaired) electrons. The van der Waals surface area contributed by atoms with Crippen LogP contribution in [0.25, 0.3) is 0 Å². The van der Waals surface area contributed by atoms with Gasteiger partial charge in [0.25, 0.3) is 11.8 Å². The molecular weight excluding hydrogens is 336 g/mol. The molecule has 0 atom stereocenters. The highest BCUT2D eigenvalue weighted by Gasteiger charge is 2.06. The fraction of sp³-hybridized carbons (Fsp3) is 0.250. The molecule has 2 aromatic rings. The standard InChI is InChI=1S/C16H17ClN2O3S/c17-12-5-1-2-6-13(12)22-11-15(20)18-8-4-9-19-16(21)14-7-3-10-23-14/h1-3,5-7,10H,4,8-9,11H2,(H,18,20)(H,19,21). The zero-order valence-corrected chi connectivity index (χ0v) is 14.0. The minimum Gasteiger partial charge on any atom is -0.482 e. The minimum atomic E-state index is -0.227. The summed E-state index contributed by atoms with van der Waals surface area (Å²) in [5.74, 6) is 0.162. The zero-order chi connectivity index (χ0) is 16.5. The molecule has 0 unspecified atom stereocenters. The van der Waals surface area contributed by atoms with Crippen molar-refractivity contribution in [2.45, 2.75) is 6.42 Å². The van der Waals surface area contributed by atoms with Crippen molar-refractivity contribution in [2.24, 2.45) is 0 Å². The normalized spacial score (nSPS) is 10.1. The predicted octanol–water partition coefficient (Wildman–Crippen LogP) is 2.72. The number of carbonyl (C=O) groups is 2. The van der Waals surface area contributed by atoms with Crippen molar-refractivity contribution in [3.8, 4) is 5.75 Å². The lowest BCUT2D eigenvalue weighted by Gasteiger charge is -2.09. The number of hydrogen-bond acceptors (Lipinski definition) is 4. The van der Waals surface area contributed by atoms with Gasteiger partial charge in [0.2, 0.25) is 0 Å². The van der Waals surface area contributed by atoms with E-state index in [-0.39, 0.29) is 18.4 Å². The van der Waals surface area contributed by atoms with Gasteiger partial charge in [-0.15, -0.1) is 11.3 Å². The van der Waals surface area contributed by atoms with Gasteiger partial charge in [0, 0.05) is 13.1 Å². The van der Waals surface area contributed by atoms with Crippen LogP contribution in [0.3, 0.4) is 0 Å². The second-order valence-corrected chi connectivity index (χ2v) is 6.01. The summed E-state index contributed by atoms with van der Waals surface area (Å²) >= 11 is 7.33. The quantitative estimate of drug-likeness (QED) is 0.718. The van der Waals surface area contributed by atoms with E-state index in [1.54, 1.807) is 30.3 Å². The summed E-state index contributed by atoms with van der Waals surface area (Å²) in [6.07, 6.45) is 0.648. The SMILES string of the molecule is O=C(COc1ccccc1Cl)NCCCNC(=O)c1cccs1. The van der Waals surface area contributed by atoms with E-state index in [0.717, 1.165) is 0 Å². The molecule has 0 aliphatic rings. The first kappa shape index (κ1) is 17.3. The number of amides is 2. The molecule has 0 aliphatic heterocycles. The number of thiophene rings is 1. The second-order valence-electron chi connectivity index (χ2n) is 4.66. The van der Waals surface area contributed by atoms with Crippen molar-refractivity contribution in [1.29, 1.82) is 0 Å². The first-order valence-electron chi connectivity index (χ1n) is 7.12. The van der Waals surface area contributed by atoms with E-state index in [2.05, 4.69) is 10.6 Å². The molecule has 1 heterocycles. The van der Waals surface area contributed by atoms with Gasteiger partial charge in [-0.3, -0.25) is 9.59 Å². The lowest BCUT2D eigenvalue weighted by Crippen LogP contribution is -2.32. The molecule has 0 fully saturated rings. The largest absolute Gasteiger partial charge is 0.482 e. The maximum Gasteiger partial charge on any atom is 0.261 e. The summed E-state index contributed by atoms with van der Waals surface area (Å²) in [5, 5.41) is 7.85. The van der Waals surface area contributed by atoms with Crippen LogP contribution in [0.4, 0.5) is 0 Å². The number of ether oxygens (including phenoxy) is 1. The molecule has 122 valence electrons. The lowest BCUT2D eigenvalue weighted by atomic mass is 10.3. The minimum absolute atomic E-state index is 0.0895. The van der Waals surface area contributed by atoms with E-state index in [0.29, 0.717) is 35.2 Å². The van der Waals surface area contributed by atoms with Crippen molar-refractivity contribution in [2.75, 3.05) is 19.7 Å². The predicted molar refractivity (Wildman–Crippen MR) is 91.2 cm³/mol. The number of halogens is 1. The Balaban J connectivity index is 1.56. The number of nitrogens with one attached hydrogen (secondary N) is 2. The molecule has 0 aliphatic carbocycles. The maximum absolute atomic E-state index is 11.7. The van der Waals surface area contributed by atoms with Gasteiger partial charge in [-0.05, 0) is 30.0 Å². The molecule has 1 aromatic carbocycles. The average molecular weight is 353 g/mol. The molecular formula is C16H17ClN2O3S. The van der Waals surface area contributed by atoms with Gasteiger partial charge in [-0.25, -0.2) is 0 Å². The van der Waals surface area contributed by atoms with Crippen LogP contribution in [0, 0.1) is 0 Å². The molecule has 0 saturated heterocycles. The summed E-state index contributed by atoms with van der Waals surface area (Å²) in [6.45, 7) is 0.878. The first-order valence-corrected chi connectivity index (χ1v) is 8.38. The number of carbonyl (C=O) groups excluding carboxylic acids is 2. The van der Waals surface area contributed by atoms with Gasteiger partial charge < -0.3 is 15.4 Å². The maximum atomic E-state index is 11.7. The molecule has 0 spiro atoms. The molecule has 5 nitrogen and oxygen atoms in total. The van der Waals surface area contributed by atoms with E-state index in [4.69, 9.17) is 16.3 Å². The lowest BCUT2D eigenvalue weighted by molar-refractivity contribution is -0.123. The van der Waals surface area contributed by atoms with Crippen LogP contribution < -0.4 is 15.4 Å². The monoisotopic (exact) mass is 352 g/mol. The molecule has 2 amide bonds. The fourth-order valence-corrected chi connectivity index (χ4v) is 2.60. The highest BCUT2D eigenvalue weighted by molar-refractivity contribution is 7.12.